The Labute approximate surface area is 511 Å². The van der Waals surface area contributed by atoms with Crippen LogP contribution in [0.1, 0.15) is 278 Å². The molecule has 0 aromatic heterocycles. The summed E-state index contributed by atoms with van der Waals surface area (Å²) >= 11 is 0. The van der Waals surface area contributed by atoms with E-state index in [0.717, 1.165) is 173 Å². The first-order chi connectivity index (χ1) is 41.0. The fourth-order valence-electron chi connectivity index (χ4n) is 8.71. The van der Waals surface area contributed by atoms with Gasteiger partial charge in [-0.2, -0.15) is 0 Å². The van der Waals surface area contributed by atoms with Gasteiger partial charge < -0.3 is 14.2 Å². The van der Waals surface area contributed by atoms with Gasteiger partial charge in [0.05, 0.1) is 0 Å². The van der Waals surface area contributed by atoms with Gasteiger partial charge in [0.15, 0.2) is 6.10 Å². The average Bonchev–Trinajstić information content (AvgIpc) is 3.49. The summed E-state index contributed by atoms with van der Waals surface area (Å²) < 4.78 is 16.9. The van der Waals surface area contributed by atoms with Gasteiger partial charge in [0.25, 0.3) is 0 Å². The Bertz CT molecular complexity index is 1890. The van der Waals surface area contributed by atoms with Crippen LogP contribution in [0.3, 0.4) is 0 Å². The van der Waals surface area contributed by atoms with Crippen LogP contribution < -0.4 is 0 Å². The first-order valence-corrected chi connectivity index (χ1v) is 33.6. The molecule has 0 spiro atoms. The molecule has 0 amide bonds. The second kappa shape index (κ2) is 69.3. The number of rotatable bonds is 59. The summed E-state index contributed by atoms with van der Waals surface area (Å²) in [5.74, 6) is -0.964. The largest absolute Gasteiger partial charge is 0.462 e. The highest BCUT2D eigenvalue weighted by molar-refractivity contribution is 5.71. The molecule has 0 aliphatic rings. The summed E-state index contributed by atoms with van der Waals surface area (Å²) in [6.07, 6.45) is 102. The maximum atomic E-state index is 12.9. The lowest BCUT2D eigenvalue weighted by atomic mass is 10.1. The van der Waals surface area contributed by atoms with Crippen molar-refractivity contribution in [3.8, 4) is 0 Å². The van der Waals surface area contributed by atoms with E-state index in [1.54, 1.807) is 0 Å². The van der Waals surface area contributed by atoms with Crippen LogP contribution in [0.5, 0.6) is 0 Å². The summed E-state index contributed by atoms with van der Waals surface area (Å²) in [6, 6.07) is 0. The van der Waals surface area contributed by atoms with Crippen molar-refractivity contribution in [2.75, 3.05) is 13.2 Å². The van der Waals surface area contributed by atoms with Crippen molar-refractivity contribution in [3.05, 3.63) is 170 Å². The topological polar surface area (TPSA) is 78.9 Å². The fraction of sp³-hybridized carbons (Fsp3) is 0.597. The van der Waals surface area contributed by atoms with E-state index in [1.807, 2.05) is 0 Å². The summed E-state index contributed by atoms with van der Waals surface area (Å²) in [4.78, 5) is 38.4. The van der Waals surface area contributed by atoms with Crippen LogP contribution in [0.2, 0.25) is 0 Å². The normalized spacial score (nSPS) is 13.2. The minimum absolute atomic E-state index is 0.106. The molecule has 0 N–H and O–H groups in total. The molecule has 0 heterocycles. The zero-order chi connectivity index (χ0) is 59.9. The molecule has 83 heavy (non-hydrogen) atoms. The number of esters is 3. The number of hydrogen-bond donors (Lipinski definition) is 0. The second-order valence-corrected chi connectivity index (χ2v) is 21.6. The predicted molar refractivity (Wildman–Crippen MR) is 361 cm³/mol. The third kappa shape index (κ3) is 67.4. The van der Waals surface area contributed by atoms with Gasteiger partial charge in [0.1, 0.15) is 13.2 Å². The van der Waals surface area contributed by atoms with Crippen LogP contribution >= 0.6 is 0 Å². The predicted octanol–water partition coefficient (Wildman–Crippen LogP) is 23.4. The fourth-order valence-corrected chi connectivity index (χ4v) is 8.71. The van der Waals surface area contributed by atoms with Gasteiger partial charge in [-0.1, -0.05) is 274 Å². The van der Waals surface area contributed by atoms with Gasteiger partial charge in [-0.25, -0.2) is 0 Å². The molecule has 466 valence electrons. The third-order valence-electron chi connectivity index (χ3n) is 13.7. The van der Waals surface area contributed by atoms with Gasteiger partial charge in [-0.05, 0) is 154 Å². The van der Waals surface area contributed by atoms with Gasteiger partial charge in [-0.3, -0.25) is 14.4 Å². The third-order valence-corrected chi connectivity index (χ3v) is 13.7. The monoisotopic (exact) mass is 1140 g/mol. The van der Waals surface area contributed by atoms with E-state index < -0.39 is 6.10 Å². The Hall–Kier alpha value is -5.23. The summed E-state index contributed by atoms with van der Waals surface area (Å²) in [7, 11) is 0. The molecule has 0 saturated carbocycles. The van der Waals surface area contributed by atoms with Crippen LogP contribution in [0.25, 0.3) is 0 Å². The molecular formula is C77H122O6. The van der Waals surface area contributed by atoms with Crippen molar-refractivity contribution in [2.45, 2.75) is 284 Å². The summed E-state index contributed by atoms with van der Waals surface area (Å²) in [5, 5.41) is 0. The lowest BCUT2D eigenvalue weighted by Gasteiger charge is -2.18. The minimum atomic E-state index is -0.813. The van der Waals surface area contributed by atoms with E-state index in [-0.39, 0.29) is 31.1 Å². The SMILES string of the molecule is CC/C=C\C/C=C\C/C=C\C/C=C\C/C=C\C/C=C\C/C=C\C/C=C\C/C=C\CCCCCC(=O)OCC(COC(=O)CCCCCCC/C=C\CCCCCCCC)OC(=O)CCCCCCCC/C=C\C/C=C\C/C=C\C/C=C\CC. The Kier molecular flexibility index (Phi) is 64.9. The molecular weight excluding hydrogens is 1020 g/mol. The first kappa shape index (κ1) is 77.8. The molecule has 1 atom stereocenters. The quantitative estimate of drug-likeness (QED) is 0.0261. The highest BCUT2D eigenvalue weighted by Crippen LogP contribution is 2.14. The zero-order valence-electron chi connectivity index (χ0n) is 53.4. The van der Waals surface area contributed by atoms with Crippen molar-refractivity contribution < 1.29 is 28.6 Å². The van der Waals surface area contributed by atoms with Crippen LogP contribution in [0.4, 0.5) is 0 Å². The molecule has 0 bridgehead atoms. The maximum absolute atomic E-state index is 12.9. The molecule has 6 nitrogen and oxygen atoms in total. The van der Waals surface area contributed by atoms with Gasteiger partial charge in [0.2, 0.25) is 0 Å². The van der Waals surface area contributed by atoms with Crippen LogP contribution in [0.15, 0.2) is 170 Å². The van der Waals surface area contributed by atoms with E-state index in [9.17, 15) is 14.4 Å². The van der Waals surface area contributed by atoms with Crippen molar-refractivity contribution in [1.82, 2.24) is 0 Å². The van der Waals surface area contributed by atoms with E-state index in [1.165, 1.54) is 64.2 Å². The second-order valence-electron chi connectivity index (χ2n) is 21.6. The smallest absolute Gasteiger partial charge is 0.306 e. The van der Waals surface area contributed by atoms with Crippen molar-refractivity contribution in [1.29, 1.82) is 0 Å². The van der Waals surface area contributed by atoms with Crippen molar-refractivity contribution in [3.63, 3.8) is 0 Å². The molecule has 0 aliphatic carbocycles. The van der Waals surface area contributed by atoms with Crippen molar-refractivity contribution >= 4 is 17.9 Å². The highest BCUT2D eigenvalue weighted by atomic mass is 16.6. The molecule has 0 aromatic carbocycles. The average molecular weight is 1140 g/mol. The minimum Gasteiger partial charge on any atom is -0.462 e. The molecule has 0 fully saturated rings. The van der Waals surface area contributed by atoms with Gasteiger partial charge in [-0.15, -0.1) is 0 Å². The Balaban J connectivity index is 4.46. The standard InChI is InChI=1S/C77H122O6/c1-4-7-10-13-16-19-22-25-28-30-32-33-34-35-36-37-38-39-40-41-42-43-45-46-49-52-55-58-61-64-67-70-76(79)82-73-74(72-81-75(78)69-66-63-60-57-54-51-48-27-24-21-18-15-12-9-6-3)83-77(80)71-68-65-62-59-56-53-50-47-44-31-29-26-23-20-17-14-11-8-5-2/h7-8,10-11,16-17,19-20,25-29,32-33,35-36,38-39,41-42,44-48,52,55,74H,4-6,9,12-15,18,21-24,30-31,34,37,40,43,49-51,53-54,56-73H2,1-3H3/b10-7-,11-8-,19-16-,20-17-,28-25-,29-26-,33-32-,36-35-,39-38-,42-41-,46-45-,47-44-,48-27-,55-52-. The van der Waals surface area contributed by atoms with E-state index >= 15 is 0 Å². The summed E-state index contributed by atoms with van der Waals surface area (Å²) in [5.41, 5.74) is 0. The maximum Gasteiger partial charge on any atom is 0.306 e. The van der Waals surface area contributed by atoms with E-state index in [4.69, 9.17) is 14.2 Å². The Morgan fingerprint density at radius 3 is 0.759 bits per heavy atom. The van der Waals surface area contributed by atoms with Gasteiger partial charge >= 0.3 is 17.9 Å². The van der Waals surface area contributed by atoms with E-state index in [0.29, 0.717) is 19.3 Å². The zero-order valence-corrected chi connectivity index (χ0v) is 53.4. The van der Waals surface area contributed by atoms with E-state index in [2.05, 4.69) is 191 Å². The number of ether oxygens (including phenoxy) is 3. The summed E-state index contributed by atoms with van der Waals surface area (Å²) in [6.45, 7) is 6.36. The first-order valence-electron chi connectivity index (χ1n) is 33.6. The highest BCUT2D eigenvalue weighted by Gasteiger charge is 2.19. The number of carbonyl (C=O) groups is 3. The molecule has 0 aliphatic heterocycles. The van der Waals surface area contributed by atoms with Crippen LogP contribution in [0, 0.1) is 0 Å². The molecule has 0 saturated heterocycles. The lowest BCUT2D eigenvalue weighted by molar-refractivity contribution is -0.167. The molecule has 0 radical (unpaired) electrons. The number of carbonyl (C=O) groups excluding carboxylic acids is 3. The molecule has 0 aromatic rings. The number of unbranched alkanes of at least 4 members (excludes halogenated alkanes) is 20. The number of hydrogen-bond acceptors (Lipinski definition) is 6. The Morgan fingerprint density at radius 1 is 0.253 bits per heavy atom. The lowest BCUT2D eigenvalue weighted by Crippen LogP contribution is -2.30. The molecule has 1 unspecified atom stereocenters. The number of allylic oxidation sites excluding steroid dienone is 28. The van der Waals surface area contributed by atoms with Crippen LogP contribution in [-0.2, 0) is 28.6 Å². The van der Waals surface area contributed by atoms with Crippen LogP contribution in [-0.4, -0.2) is 37.2 Å². The van der Waals surface area contributed by atoms with Crippen molar-refractivity contribution in [2.24, 2.45) is 0 Å². The Morgan fingerprint density at radius 2 is 0.470 bits per heavy atom. The molecule has 6 heteroatoms. The van der Waals surface area contributed by atoms with Gasteiger partial charge in [0, 0.05) is 19.3 Å². The molecule has 0 rings (SSSR count).